The van der Waals surface area contributed by atoms with E-state index < -0.39 is 57.4 Å². The number of nitrogens with two attached hydrogens (primary N) is 1. The fourth-order valence-electron chi connectivity index (χ4n) is 1.12. The van der Waals surface area contributed by atoms with Crippen molar-refractivity contribution in [2.45, 2.75) is 30.3 Å². The van der Waals surface area contributed by atoms with E-state index in [1.807, 2.05) is 0 Å². The first kappa shape index (κ1) is 21.2. The lowest BCUT2D eigenvalue weighted by Gasteiger charge is -2.32. The van der Waals surface area contributed by atoms with Crippen molar-refractivity contribution >= 4 is 27.1 Å². The number of aliphatic hydroxyl groups excluding tert-OH is 4. The van der Waals surface area contributed by atoms with Gasteiger partial charge in [0.05, 0.1) is 0 Å². The van der Waals surface area contributed by atoms with Crippen LogP contribution in [0.2, 0.25) is 0 Å². The smallest absolute Gasteiger partial charge is 0.387 e. The van der Waals surface area contributed by atoms with E-state index in [4.69, 9.17) is 19.9 Å². The van der Waals surface area contributed by atoms with Gasteiger partial charge in [0.25, 0.3) is 0 Å². The Kier molecular flexibility index (Phi) is 6.93. The van der Waals surface area contributed by atoms with E-state index in [1.54, 1.807) is 0 Å². The molecule has 22 heavy (non-hydrogen) atoms. The molecule has 0 rings (SSSR count). The summed E-state index contributed by atoms with van der Waals surface area (Å²) in [5, 5.41) is 37.2. The van der Waals surface area contributed by atoms with Crippen molar-refractivity contribution in [3.63, 3.8) is 0 Å². The molecule has 5 atom stereocenters. The van der Waals surface area contributed by atoms with Crippen molar-refractivity contribution in [1.29, 1.82) is 0 Å². The van der Waals surface area contributed by atoms with E-state index in [2.05, 4.69) is 8.37 Å². The molecule has 0 aromatic heterocycles. The van der Waals surface area contributed by atoms with Crippen LogP contribution in [0.1, 0.15) is 0 Å². The van der Waals surface area contributed by atoms with Gasteiger partial charge in [-0.05, 0) is 0 Å². The van der Waals surface area contributed by atoms with Crippen LogP contribution in [0.25, 0.3) is 0 Å². The molecule has 0 bridgehead atoms. The summed E-state index contributed by atoms with van der Waals surface area (Å²) in [6.07, 6.45) is -11.6. The van der Waals surface area contributed by atoms with Crippen molar-refractivity contribution in [2.24, 2.45) is 5.73 Å². The molecule has 16 heteroatoms. The molecule has 0 aliphatic rings. The Morgan fingerprint density at radius 1 is 0.955 bits per heavy atom. The Bertz CT molecular complexity index is 586. The number of carbonyl (C=O) groups excluding carboxylic acids is 1. The molecular formula is C6H13NO13S2. The van der Waals surface area contributed by atoms with E-state index in [1.165, 1.54) is 0 Å². The first-order valence-electron chi connectivity index (χ1n) is 4.94. The maximum atomic E-state index is 10.7. The SMILES string of the molecule is N[C@](C=O)(OS(=O)(=O)O)[C@@H](O)[C@H](O)[C@H](O)C(O)OS(=O)(=O)O. The topological polar surface area (TPSA) is 251 Å². The van der Waals surface area contributed by atoms with Gasteiger partial charge in [0.2, 0.25) is 12.0 Å². The van der Waals surface area contributed by atoms with E-state index >= 15 is 0 Å². The number of aliphatic hydroxyl groups is 4. The van der Waals surface area contributed by atoms with Gasteiger partial charge in [0, 0.05) is 0 Å². The van der Waals surface area contributed by atoms with Crippen LogP contribution in [0.3, 0.4) is 0 Å². The van der Waals surface area contributed by atoms with Crippen molar-refractivity contribution in [2.75, 3.05) is 0 Å². The van der Waals surface area contributed by atoms with E-state index in [0.717, 1.165) is 0 Å². The number of aldehydes is 1. The first-order valence-corrected chi connectivity index (χ1v) is 7.67. The molecule has 0 aliphatic heterocycles. The highest BCUT2D eigenvalue weighted by Gasteiger charge is 2.47. The van der Waals surface area contributed by atoms with E-state index in [-0.39, 0.29) is 0 Å². The molecule has 0 heterocycles. The minimum atomic E-state index is -5.39. The Balaban J connectivity index is 5.24. The molecule has 0 aromatic carbocycles. The lowest BCUT2D eigenvalue weighted by molar-refractivity contribution is -0.190. The van der Waals surface area contributed by atoms with Gasteiger partial charge in [-0.3, -0.25) is 19.6 Å². The molecule has 14 nitrogen and oxygen atoms in total. The van der Waals surface area contributed by atoms with Crippen LogP contribution in [0, 0.1) is 0 Å². The molecule has 0 saturated carbocycles. The molecule has 0 fully saturated rings. The maximum Gasteiger partial charge on any atom is 0.399 e. The molecule has 132 valence electrons. The fourth-order valence-corrected chi connectivity index (χ4v) is 1.99. The van der Waals surface area contributed by atoms with Crippen molar-refractivity contribution in [1.82, 2.24) is 0 Å². The molecule has 0 aromatic rings. The summed E-state index contributed by atoms with van der Waals surface area (Å²) in [5.74, 6) is 0. The van der Waals surface area contributed by atoms with Gasteiger partial charge >= 0.3 is 20.8 Å². The van der Waals surface area contributed by atoms with Crippen LogP contribution in [-0.2, 0) is 34.0 Å². The van der Waals surface area contributed by atoms with Gasteiger partial charge in [0.1, 0.15) is 18.3 Å². The zero-order valence-electron chi connectivity index (χ0n) is 10.3. The summed E-state index contributed by atoms with van der Waals surface area (Å²) in [4.78, 5) is 10.7. The van der Waals surface area contributed by atoms with Crippen molar-refractivity contribution < 1.29 is 59.5 Å². The zero-order chi connectivity index (χ0) is 17.9. The Hall–Kier alpha value is -0.790. The first-order chi connectivity index (χ1) is 9.63. The molecule has 0 amide bonds. The summed E-state index contributed by atoms with van der Waals surface area (Å²) in [6.45, 7) is 0. The lowest BCUT2D eigenvalue weighted by Crippen LogP contribution is -2.63. The number of rotatable bonds is 9. The normalized spacial score (nSPS) is 21.4. The van der Waals surface area contributed by atoms with Gasteiger partial charge in [-0.25, -0.2) is 8.37 Å². The van der Waals surface area contributed by atoms with Crippen LogP contribution in [0.4, 0.5) is 0 Å². The summed E-state index contributed by atoms with van der Waals surface area (Å²) < 4.78 is 65.2. The summed E-state index contributed by atoms with van der Waals surface area (Å²) in [7, 11) is -10.7. The van der Waals surface area contributed by atoms with Gasteiger partial charge in [0.15, 0.2) is 6.29 Å². The third-order valence-electron chi connectivity index (χ3n) is 2.08. The third-order valence-corrected chi connectivity index (χ3v) is 3.02. The van der Waals surface area contributed by atoms with Crippen LogP contribution in [0.5, 0.6) is 0 Å². The highest BCUT2D eigenvalue weighted by Crippen LogP contribution is 2.18. The predicted octanol–water partition coefficient (Wildman–Crippen LogP) is -5.12. The highest BCUT2D eigenvalue weighted by atomic mass is 32.3. The lowest BCUT2D eigenvalue weighted by atomic mass is 9.99. The summed E-state index contributed by atoms with van der Waals surface area (Å²) in [6, 6.07) is 0. The second-order valence-corrected chi connectivity index (χ2v) is 5.89. The van der Waals surface area contributed by atoms with E-state index in [0.29, 0.717) is 0 Å². The standard InChI is InChI=1S/C6H13NO13S2/c7-6(1-8,20-22(16,17)18)4(11)2(9)3(10)5(12)19-21(13,14)15/h1-5,9-12H,7H2,(H,13,14,15)(H,16,17,18)/t2-,3+,4+,5?,6-/m1/s1. The largest absolute Gasteiger partial charge is 0.399 e. The fraction of sp³-hybridized carbons (Fsp3) is 0.833. The van der Waals surface area contributed by atoms with Gasteiger partial charge in [-0.15, -0.1) is 0 Å². The number of hydrogen-bond acceptors (Lipinski definition) is 12. The van der Waals surface area contributed by atoms with Crippen LogP contribution >= 0.6 is 0 Å². The van der Waals surface area contributed by atoms with Crippen molar-refractivity contribution in [3.8, 4) is 0 Å². The summed E-state index contributed by atoms with van der Waals surface area (Å²) >= 11 is 0. The molecule has 8 N–H and O–H groups in total. The average Bonchev–Trinajstić information content (AvgIpc) is 2.31. The zero-order valence-corrected chi connectivity index (χ0v) is 12.0. The minimum absolute atomic E-state index is 0.572. The molecular weight excluding hydrogens is 358 g/mol. The second-order valence-electron chi connectivity index (χ2n) is 3.82. The number of carbonyl (C=O) groups is 1. The highest BCUT2D eigenvalue weighted by molar-refractivity contribution is 7.81. The second kappa shape index (κ2) is 7.19. The Labute approximate surface area is 123 Å². The van der Waals surface area contributed by atoms with Gasteiger partial charge in [-0.1, -0.05) is 0 Å². The maximum absolute atomic E-state index is 10.7. The van der Waals surface area contributed by atoms with Crippen LogP contribution in [-0.4, -0.2) is 83.0 Å². The predicted molar refractivity (Wildman–Crippen MR) is 62.3 cm³/mol. The molecule has 0 spiro atoms. The Morgan fingerprint density at radius 3 is 1.73 bits per heavy atom. The molecule has 1 unspecified atom stereocenters. The molecule has 0 radical (unpaired) electrons. The average molecular weight is 371 g/mol. The summed E-state index contributed by atoms with van der Waals surface area (Å²) in [5.41, 5.74) is 1.65. The van der Waals surface area contributed by atoms with E-state index in [9.17, 15) is 36.9 Å². The number of hydrogen-bond donors (Lipinski definition) is 7. The minimum Gasteiger partial charge on any atom is -0.387 e. The van der Waals surface area contributed by atoms with Crippen molar-refractivity contribution in [3.05, 3.63) is 0 Å². The quantitative estimate of drug-likeness (QED) is 0.114. The monoisotopic (exact) mass is 371 g/mol. The Morgan fingerprint density at radius 2 is 1.41 bits per heavy atom. The van der Waals surface area contributed by atoms with Crippen LogP contribution < -0.4 is 5.73 Å². The third kappa shape index (κ3) is 6.54. The van der Waals surface area contributed by atoms with Gasteiger partial charge in [-0.2, -0.15) is 16.8 Å². The van der Waals surface area contributed by atoms with Gasteiger partial charge < -0.3 is 20.4 Å². The molecule has 0 aliphatic carbocycles. The molecule has 0 saturated heterocycles. The van der Waals surface area contributed by atoms with Crippen LogP contribution in [0.15, 0.2) is 0 Å².